The lowest BCUT2D eigenvalue weighted by atomic mass is 9.72. The summed E-state index contributed by atoms with van der Waals surface area (Å²) in [5, 5.41) is 12.1. The van der Waals surface area contributed by atoms with Crippen LogP contribution in [0.25, 0.3) is 0 Å². The van der Waals surface area contributed by atoms with Gasteiger partial charge in [0.1, 0.15) is 11.6 Å². The van der Waals surface area contributed by atoms with Crippen molar-refractivity contribution >= 4 is 29.3 Å². The molecule has 3 rings (SSSR count). The van der Waals surface area contributed by atoms with E-state index in [4.69, 9.17) is 0 Å². The van der Waals surface area contributed by atoms with E-state index in [0.29, 0.717) is 12.8 Å². The molecule has 29 heavy (non-hydrogen) atoms. The first-order chi connectivity index (χ1) is 13.8. The van der Waals surface area contributed by atoms with Gasteiger partial charge >= 0.3 is 0 Å². The minimum atomic E-state index is -1.21. The van der Waals surface area contributed by atoms with E-state index in [9.17, 15) is 19.2 Å². The summed E-state index contributed by atoms with van der Waals surface area (Å²) >= 11 is 0. The van der Waals surface area contributed by atoms with Gasteiger partial charge in [0.05, 0.1) is 0 Å². The Labute approximate surface area is 170 Å². The number of ketones is 1. The first-order valence-electron chi connectivity index (χ1n) is 10.3. The highest BCUT2D eigenvalue weighted by molar-refractivity contribution is 6.44. The van der Waals surface area contributed by atoms with Crippen molar-refractivity contribution in [3.05, 3.63) is 12.3 Å². The predicted octanol–water partition coefficient (Wildman–Crippen LogP) is 1.05. The van der Waals surface area contributed by atoms with Crippen LogP contribution in [0.15, 0.2) is 12.3 Å². The zero-order valence-corrected chi connectivity index (χ0v) is 17.0. The molecule has 3 amide bonds. The number of hydrogen-bond donors (Lipinski definition) is 3. The van der Waals surface area contributed by atoms with E-state index in [2.05, 4.69) is 21.0 Å². The average molecular weight is 403 g/mol. The molecule has 158 valence electrons. The monoisotopic (exact) mass is 403 g/mol. The number of amides is 3. The smallest absolute Gasteiger partial charge is 0.295 e. The normalized spacial score (nSPS) is 19.5. The third kappa shape index (κ3) is 4.83. The standard InChI is InChI=1S/C20H29N5O4/c1-13(26)21-16(14-7-4-3-5-8-14)18(28)23-20(10-6-11-20)17(27)19(29)22-15-9-12-25(2)24-15/h9,12,14,16H,3-8,10-11H2,1-2H3,(H,21,26)(H,23,28)(H,22,24,29). The van der Waals surface area contributed by atoms with Gasteiger partial charge in [-0.15, -0.1) is 0 Å². The molecule has 1 atom stereocenters. The fraction of sp³-hybridized carbons (Fsp3) is 0.650. The summed E-state index contributed by atoms with van der Waals surface area (Å²) < 4.78 is 1.52. The molecule has 9 nitrogen and oxygen atoms in total. The lowest BCUT2D eigenvalue weighted by molar-refractivity contribution is -0.144. The minimum Gasteiger partial charge on any atom is -0.344 e. The Balaban J connectivity index is 1.70. The van der Waals surface area contributed by atoms with Crippen LogP contribution in [0.2, 0.25) is 0 Å². The second-order valence-electron chi connectivity index (χ2n) is 8.16. The molecule has 2 aliphatic carbocycles. The Kier molecular flexibility index (Phi) is 6.34. The Morgan fingerprint density at radius 2 is 1.83 bits per heavy atom. The number of nitrogens with one attached hydrogen (secondary N) is 3. The number of hydrogen-bond acceptors (Lipinski definition) is 5. The van der Waals surface area contributed by atoms with E-state index in [0.717, 1.165) is 38.5 Å². The van der Waals surface area contributed by atoms with Crippen LogP contribution >= 0.6 is 0 Å². The Bertz CT molecular complexity index is 793. The summed E-state index contributed by atoms with van der Waals surface area (Å²) in [5.74, 6) is -1.80. The van der Waals surface area contributed by atoms with Crippen LogP contribution in [0.3, 0.4) is 0 Å². The number of nitrogens with zero attached hydrogens (tertiary/aromatic N) is 2. The molecule has 3 N–H and O–H groups in total. The molecule has 0 spiro atoms. The summed E-state index contributed by atoms with van der Waals surface area (Å²) in [6.45, 7) is 1.38. The molecule has 0 bridgehead atoms. The van der Waals surface area contributed by atoms with E-state index in [1.807, 2.05) is 0 Å². The zero-order valence-electron chi connectivity index (χ0n) is 17.0. The molecule has 1 aromatic rings. The zero-order chi connectivity index (χ0) is 21.0. The molecule has 9 heteroatoms. The molecule has 2 fully saturated rings. The van der Waals surface area contributed by atoms with Crippen LogP contribution in [0.4, 0.5) is 5.82 Å². The third-order valence-corrected chi connectivity index (χ3v) is 5.93. The summed E-state index contributed by atoms with van der Waals surface area (Å²) in [6, 6.07) is 0.907. The van der Waals surface area contributed by atoms with Crippen LogP contribution in [0, 0.1) is 5.92 Å². The number of rotatable bonds is 7. The highest BCUT2D eigenvalue weighted by Crippen LogP contribution is 2.34. The second kappa shape index (κ2) is 8.75. The van der Waals surface area contributed by atoms with Gasteiger partial charge < -0.3 is 16.0 Å². The number of carbonyl (C=O) groups is 4. The SMILES string of the molecule is CC(=O)NC(C(=O)NC1(C(=O)C(=O)Nc2ccn(C)n2)CCC1)C1CCCCC1. The van der Waals surface area contributed by atoms with Crippen molar-refractivity contribution in [1.29, 1.82) is 0 Å². The molecule has 2 aliphatic rings. The Morgan fingerprint density at radius 3 is 2.34 bits per heavy atom. The third-order valence-electron chi connectivity index (χ3n) is 5.93. The molecule has 1 aromatic heterocycles. The maximum atomic E-state index is 13.0. The van der Waals surface area contributed by atoms with E-state index in [-0.39, 0.29) is 23.6 Å². The summed E-state index contributed by atoms with van der Waals surface area (Å²) in [5.41, 5.74) is -1.21. The summed E-state index contributed by atoms with van der Waals surface area (Å²) in [4.78, 5) is 50.0. The molecule has 1 unspecified atom stereocenters. The lowest BCUT2D eigenvalue weighted by Gasteiger charge is -2.42. The minimum absolute atomic E-state index is 0.0437. The first kappa shape index (κ1) is 21.0. The fourth-order valence-electron chi connectivity index (χ4n) is 4.21. The van der Waals surface area contributed by atoms with Crippen LogP contribution in [0.1, 0.15) is 58.3 Å². The number of carbonyl (C=O) groups excluding carboxylic acids is 4. The number of anilines is 1. The van der Waals surface area contributed by atoms with Crippen LogP contribution < -0.4 is 16.0 Å². The van der Waals surface area contributed by atoms with Crippen molar-refractivity contribution in [2.45, 2.75) is 69.9 Å². The van der Waals surface area contributed by atoms with Crippen LogP contribution in [0.5, 0.6) is 0 Å². The lowest BCUT2D eigenvalue weighted by Crippen LogP contribution is -2.65. The molecular formula is C20H29N5O4. The van der Waals surface area contributed by atoms with Gasteiger partial charge in [0.15, 0.2) is 5.82 Å². The van der Waals surface area contributed by atoms with Gasteiger partial charge in [-0.1, -0.05) is 19.3 Å². The molecule has 0 aliphatic heterocycles. The topological polar surface area (TPSA) is 122 Å². The molecular weight excluding hydrogens is 374 g/mol. The van der Waals surface area contributed by atoms with Gasteiger partial charge in [-0.25, -0.2) is 0 Å². The van der Waals surface area contributed by atoms with Gasteiger partial charge in [0, 0.05) is 26.2 Å². The van der Waals surface area contributed by atoms with E-state index in [1.54, 1.807) is 19.3 Å². The average Bonchev–Trinajstić information content (AvgIpc) is 3.07. The van der Waals surface area contributed by atoms with Gasteiger partial charge in [-0.3, -0.25) is 23.9 Å². The number of aromatic nitrogens is 2. The fourth-order valence-corrected chi connectivity index (χ4v) is 4.21. The van der Waals surface area contributed by atoms with Gasteiger partial charge in [0.2, 0.25) is 17.6 Å². The van der Waals surface area contributed by atoms with Crippen molar-refractivity contribution < 1.29 is 19.2 Å². The van der Waals surface area contributed by atoms with Gasteiger partial charge in [-0.2, -0.15) is 5.10 Å². The van der Waals surface area contributed by atoms with Crippen molar-refractivity contribution in [3.8, 4) is 0 Å². The highest BCUT2D eigenvalue weighted by atomic mass is 16.2. The number of aryl methyl sites for hydroxylation is 1. The largest absolute Gasteiger partial charge is 0.344 e. The van der Waals surface area contributed by atoms with Crippen molar-refractivity contribution in [2.75, 3.05) is 5.32 Å². The first-order valence-corrected chi connectivity index (χ1v) is 10.3. The van der Waals surface area contributed by atoms with Crippen LogP contribution in [-0.2, 0) is 26.2 Å². The maximum Gasteiger partial charge on any atom is 0.295 e. The summed E-state index contributed by atoms with van der Waals surface area (Å²) in [6.07, 6.45) is 8.10. The van der Waals surface area contributed by atoms with Crippen molar-refractivity contribution in [1.82, 2.24) is 20.4 Å². The Hall–Kier alpha value is -2.71. The van der Waals surface area contributed by atoms with Gasteiger partial charge in [-0.05, 0) is 38.0 Å². The highest BCUT2D eigenvalue weighted by Gasteiger charge is 2.49. The molecule has 0 aromatic carbocycles. The maximum absolute atomic E-state index is 13.0. The molecule has 1 heterocycles. The Morgan fingerprint density at radius 1 is 1.14 bits per heavy atom. The van der Waals surface area contributed by atoms with Crippen molar-refractivity contribution in [2.24, 2.45) is 13.0 Å². The molecule has 0 saturated heterocycles. The predicted molar refractivity (Wildman–Crippen MR) is 106 cm³/mol. The summed E-state index contributed by atoms with van der Waals surface area (Å²) in [7, 11) is 1.71. The van der Waals surface area contributed by atoms with E-state index in [1.165, 1.54) is 11.6 Å². The van der Waals surface area contributed by atoms with E-state index >= 15 is 0 Å². The van der Waals surface area contributed by atoms with Gasteiger partial charge in [0.25, 0.3) is 5.91 Å². The van der Waals surface area contributed by atoms with Crippen molar-refractivity contribution in [3.63, 3.8) is 0 Å². The quantitative estimate of drug-likeness (QED) is 0.588. The second-order valence-corrected chi connectivity index (χ2v) is 8.16. The molecule has 2 saturated carbocycles. The molecule has 0 radical (unpaired) electrons. The van der Waals surface area contributed by atoms with E-state index < -0.39 is 23.3 Å². The van der Waals surface area contributed by atoms with Crippen LogP contribution in [-0.4, -0.2) is 44.9 Å². The number of Topliss-reactive ketones (excluding diaryl/α,β-unsaturated/α-hetero) is 1.